The van der Waals surface area contributed by atoms with Crippen molar-refractivity contribution >= 4 is 5.91 Å². The molecule has 1 aromatic heterocycles. The van der Waals surface area contributed by atoms with Gasteiger partial charge in [0, 0.05) is 31.7 Å². The van der Waals surface area contributed by atoms with Crippen LogP contribution in [0, 0.1) is 0 Å². The van der Waals surface area contributed by atoms with E-state index in [1.807, 2.05) is 47.4 Å². The first-order valence-corrected chi connectivity index (χ1v) is 11.6. The fourth-order valence-corrected chi connectivity index (χ4v) is 4.60. The molecule has 34 heavy (non-hydrogen) atoms. The molecule has 1 aliphatic heterocycles. The summed E-state index contributed by atoms with van der Waals surface area (Å²) in [6, 6.07) is 30.8. The summed E-state index contributed by atoms with van der Waals surface area (Å²) < 4.78 is 5.30. The fraction of sp³-hybridized carbons (Fsp3) is 0.214. The normalized spacial score (nSPS) is 14.4. The molecular formula is C28H28N4O2. The summed E-state index contributed by atoms with van der Waals surface area (Å²) in [5, 5.41) is 7.29. The lowest BCUT2D eigenvalue weighted by Gasteiger charge is -2.39. The summed E-state index contributed by atoms with van der Waals surface area (Å²) in [5.41, 5.74) is 4.69. The quantitative estimate of drug-likeness (QED) is 0.463. The van der Waals surface area contributed by atoms with Gasteiger partial charge in [-0.2, -0.15) is 5.10 Å². The number of aromatic amines is 1. The van der Waals surface area contributed by atoms with Gasteiger partial charge < -0.3 is 9.64 Å². The molecule has 0 aliphatic carbocycles. The van der Waals surface area contributed by atoms with E-state index >= 15 is 0 Å². The molecular weight excluding hydrogens is 424 g/mol. The summed E-state index contributed by atoms with van der Waals surface area (Å²) in [4.78, 5) is 17.6. The van der Waals surface area contributed by atoms with Crippen LogP contribution >= 0.6 is 0 Å². The molecule has 1 amide bonds. The highest BCUT2D eigenvalue weighted by molar-refractivity contribution is 5.93. The van der Waals surface area contributed by atoms with Gasteiger partial charge in [0.2, 0.25) is 0 Å². The van der Waals surface area contributed by atoms with Gasteiger partial charge >= 0.3 is 0 Å². The molecule has 6 heteroatoms. The van der Waals surface area contributed by atoms with E-state index in [-0.39, 0.29) is 11.9 Å². The number of hydrogen-bond acceptors (Lipinski definition) is 4. The van der Waals surface area contributed by atoms with E-state index in [2.05, 4.69) is 63.6 Å². The summed E-state index contributed by atoms with van der Waals surface area (Å²) >= 11 is 0. The second kappa shape index (κ2) is 9.93. The zero-order chi connectivity index (χ0) is 23.3. The van der Waals surface area contributed by atoms with Gasteiger partial charge in [-0.05, 0) is 29.3 Å². The molecule has 0 bridgehead atoms. The van der Waals surface area contributed by atoms with Crippen LogP contribution in [0.3, 0.4) is 0 Å². The minimum Gasteiger partial charge on any atom is -0.497 e. The van der Waals surface area contributed by atoms with Gasteiger partial charge in [0.1, 0.15) is 11.4 Å². The number of H-pyrrole nitrogens is 1. The van der Waals surface area contributed by atoms with Crippen molar-refractivity contribution in [2.45, 2.75) is 6.04 Å². The number of ether oxygens (including phenoxy) is 1. The number of carbonyl (C=O) groups excluding carboxylic acids is 1. The van der Waals surface area contributed by atoms with Crippen LogP contribution in [-0.4, -0.2) is 59.2 Å². The molecule has 4 aromatic rings. The van der Waals surface area contributed by atoms with Gasteiger partial charge in [0.25, 0.3) is 5.91 Å². The number of amides is 1. The predicted octanol–water partition coefficient (Wildman–Crippen LogP) is 4.63. The van der Waals surface area contributed by atoms with Crippen molar-refractivity contribution < 1.29 is 9.53 Å². The van der Waals surface area contributed by atoms with Gasteiger partial charge in [-0.3, -0.25) is 14.8 Å². The number of carbonyl (C=O) groups is 1. The van der Waals surface area contributed by atoms with Gasteiger partial charge in [-0.1, -0.05) is 72.8 Å². The minimum atomic E-state index is -0.0164. The van der Waals surface area contributed by atoms with Crippen LogP contribution in [0.5, 0.6) is 5.75 Å². The van der Waals surface area contributed by atoms with Gasteiger partial charge in [0.05, 0.1) is 18.8 Å². The first-order chi connectivity index (χ1) is 16.7. The first kappa shape index (κ1) is 21.9. The Morgan fingerprint density at radius 2 is 1.50 bits per heavy atom. The summed E-state index contributed by atoms with van der Waals surface area (Å²) in [6.07, 6.45) is 0. The molecule has 0 radical (unpaired) electrons. The van der Waals surface area contributed by atoms with E-state index in [1.165, 1.54) is 11.1 Å². The van der Waals surface area contributed by atoms with Crippen molar-refractivity contribution in [1.29, 1.82) is 0 Å². The molecule has 2 heterocycles. The molecule has 1 aliphatic rings. The maximum absolute atomic E-state index is 13.2. The molecule has 0 atom stereocenters. The lowest BCUT2D eigenvalue weighted by atomic mass is 9.96. The second-order valence-corrected chi connectivity index (χ2v) is 8.45. The Kier molecular flexibility index (Phi) is 6.40. The highest BCUT2D eigenvalue weighted by Gasteiger charge is 2.29. The van der Waals surface area contributed by atoms with Crippen LogP contribution in [0.15, 0.2) is 91.0 Å². The maximum atomic E-state index is 13.2. The van der Waals surface area contributed by atoms with Crippen molar-refractivity contribution in [2.75, 3.05) is 33.3 Å². The van der Waals surface area contributed by atoms with Crippen molar-refractivity contribution in [3.05, 3.63) is 108 Å². The summed E-state index contributed by atoms with van der Waals surface area (Å²) in [6.45, 7) is 2.94. The average molecular weight is 453 g/mol. The van der Waals surface area contributed by atoms with Crippen LogP contribution < -0.4 is 4.74 Å². The Balaban J connectivity index is 1.29. The Bertz CT molecular complexity index is 1190. The molecule has 1 saturated heterocycles. The highest BCUT2D eigenvalue weighted by Crippen LogP contribution is 2.30. The number of methoxy groups -OCH3 is 1. The smallest absolute Gasteiger partial charge is 0.271 e. The predicted molar refractivity (Wildman–Crippen MR) is 133 cm³/mol. The van der Waals surface area contributed by atoms with Gasteiger partial charge in [0.15, 0.2) is 0 Å². The van der Waals surface area contributed by atoms with E-state index in [9.17, 15) is 4.79 Å². The number of piperazine rings is 1. The highest BCUT2D eigenvalue weighted by atomic mass is 16.5. The lowest BCUT2D eigenvalue weighted by molar-refractivity contribution is 0.0592. The molecule has 172 valence electrons. The number of rotatable bonds is 6. The average Bonchev–Trinajstić information content (AvgIpc) is 3.41. The van der Waals surface area contributed by atoms with Crippen LogP contribution in [0.4, 0.5) is 0 Å². The van der Waals surface area contributed by atoms with Gasteiger partial charge in [-0.15, -0.1) is 0 Å². The molecule has 0 spiro atoms. The van der Waals surface area contributed by atoms with Crippen molar-refractivity contribution in [3.63, 3.8) is 0 Å². The largest absolute Gasteiger partial charge is 0.497 e. The molecule has 0 saturated carbocycles. The van der Waals surface area contributed by atoms with Crippen molar-refractivity contribution in [2.24, 2.45) is 0 Å². The standard InChI is InChI=1S/C28H28N4O2/c1-34-24-14-8-13-23(19-24)25-20-26(30-29-25)28(33)32-17-15-31(16-18-32)27(21-9-4-2-5-10-21)22-11-6-3-7-12-22/h2-14,19-20,27H,15-18H2,1H3,(H,29,30). The third-order valence-electron chi connectivity index (χ3n) is 6.37. The Morgan fingerprint density at radius 3 is 2.12 bits per heavy atom. The minimum absolute atomic E-state index is 0.0164. The lowest BCUT2D eigenvalue weighted by Crippen LogP contribution is -2.50. The van der Waals surface area contributed by atoms with Crippen molar-refractivity contribution in [3.8, 4) is 17.0 Å². The topological polar surface area (TPSA) is 61.5 Å². The number of nitrogens with zero attached hydrogens (tertiary/aromatic N) is 3. The SMILES string of the molecule is COc1cccc(-c2cc(C(=O)N3CCN(C(c4ccccc4)c4ccccc4)CC3)[nH]n2)c1. The molecule has 0 unspecified atom stereocenters. The Morgan fingerprint density at radius 1 is 0.853 bits per heavy atom. The number of benzene rings is 3. The fourth-order valence-electron chi connectivity index (χ4n) is 4.60. The van der Waals surface area contributed by atoms with Crippen LogP contribution in [0.25, 0.3) is 11.3 Å². The molecule has 1 fully saturated rings. The van der Waals surface area contributed by atoms with E-state index in [4.69, 9.17) is 4.74 Å². The number of hydrogen-bond donors (Lipinski definition) is 1. The summed E-state index contributed by atoms with van der Waals surface area (Å²) in [5.74, 6) is 0.744. The van der Waals surface area contributed by atoms with E-state index < -0.39 is 0 Å². The molecule has 3 aromatic carbocycles. The van der Waals surface area contributed by atoms with Crippen LogP contribution in [0.1, 0.15) is 27.7 Å². The van der Waals surface area contributed by atoms with Crippen LogP contribution in [-0.2, 0) is 0 Å². The summed E-state index contributed by atoms with van der Waals surface area (Å²) in [7, 11) is 1.64. The third-order valence-corrected chi connectivity index (χ3v) is 6.37. The first-order valence-electron chi connectivity index (χ1n) is 11.6. The van der Waals surface area contributed by atoms with E-state index in [0.717, 1.165) is 30.1 Å². The Hall–Kier alpha value is -3.90. The second-order valence-electron chi connectivity index (χ2n) is 8.45. The molecule has 6 nitrogen and oxygen atoms in total. The van der Waals surface area contributed by atoms with E-state index in [1.54, 1.807) is 7.11 Å². The molecule has 5 rings (SSSR count). The monoisotopic (exact) mass is 452 g/mol. The maximum Gasteiger partial charge on any atom is 0.271 e. The zero-order valence-corrected chi connectivity index (χ0v) is 19.2. The third kappa shape index (κ3) is 4.58. The number of aromatic nitrogens is 2. The molecule has 1 N–H and O–H groups in total. The van der Waals surface area contributed by atoms with E-state index in [0.29, 0.717) is 18.8 Å². The van der Waals surface area contributed by atoms with Crippen molar-refractivity contribution in [1.82, 2.24) is 20.0 Å². The zero-order valence-electron chi connectivity index (χ0n) is 19.2. The number of nitrogens with one attached hydrogen (secondary N) is 1. The van der Waals surface area contributed by atoms with Crippen LogP contribution in [0.2, 0.25) is 0 Å². The van der Waals surface area contributed by atoms with Gasteiger partial charge in [-0.25, -0.2) is 0 Å². The Labute approximate surface area is 199 Å².